The van der Waals surface area contributed by atoms with Gasteiger partial charge in [-0.25, -0.2) is 14.0 Å². The van der Waals surface area contributed by atoms with Crippen LogP contribution >= 0.6 is 0 Å². The van der Waals surface area contributed by atoms with Gasteiger partial charge in [0.05, 0.1) is 11.3 Å². The summed E-state index contributed by atoms with van der Waals surface area (Å²) in [6.45, 7) is 2.37. The molecular formula is C12H13F3N4O. The van der Waals surface area contributed by atoms with Gasteiger partial charge in [-0.2, -0.15) is 13.2 Å². The fraction of sp³-hybridized carbons (Fsp3) is 0.333. The zero-order chi connectivity index (χ0) is 14.9. The molecule has 0 atom stereocenters. The minimum atomic E-state index is -4.40. The highest BCUT2D eigenvalue weighted by atomic mass is 19.4. The van der Waals surface area contributed by atoms with Crippen LogP contribution in [0, 0.1) is 0 Å². The van der Waals surface area contributed by atoms with Gasteiger partial charge in [0.1, 0.15) is 0 Å². The number of hydrogen-bond acceptors (Lipinski definition) is 3. The SMILES string of the molecule is CCNc1nn(C)c(=O)n1-c1ccc(C(F)(F)F)cc1. The van der Waals surface area contributed by atoms with Crippen molar-refractivity contribution >= 4 is 5.95 Å². The van der Waals surface area contributed by atoms with Gasteiger partial charge in [0.2, 0.25) is 5.95 Å². The maximum atomic E-state index is 12.5. The molecule has 0 aliphatic rings. The molecule has 20 heavy (non-hydrogen) atoms. The minimum Gasteiger partial charge on any atom is -0.354 e. The summed E-state index contributed by atoms with van der Waals surface area (Å²) < 4.78 is 39.9. The lowest BCUT2D eigenvalue weighted by Crippen LogP contribution is -2.22. The summed E-state index contributed by atoms with van der Waals surface area (Å²) in [5.41, 5.74) is -0.865. The molecule has 1 heterocycles. The average Bonchev–Trinajstić information content (AvgIpc) is 2.65. The van der Waals surface area contributed by atoms with Crippen molar-refractivity contribution in [1.82, 2.24) is 14.3 Å². The number of halogens is 3. The lowest BCUT2D eigenvalue weighted by molar-refractivity contribution is -0.137. The van der Waals surface area contributed by atoms with Crippen molar-refractivity contribution in [1.29, 1.82) is 0 Å². The van der Waals surface area contributed by atoms with Gasteiger partial charge in [-0.15, -0.1) is 5.10 Å². The zero-order valence-electron chi connectivity index (χ0n) is 10.9. The van der Waals surface area contributed by atoms with Crippen LogP contribution in [0.15, 0.2) is 29.1 Å². The smallest absolute Gasteiger partial charge is 0.354 e. The van der Waals surface area contributed by atoms with Gasteiger partial charge in [-0.05, 0) is 31.2 Å². The Hall–Kier alpha value is -2.25. The number of benzene rings is 1. The van der Waals surface area contributed by atoms with Crippen LogP contribution in [0.2, 0.25) is 0 Å². The van der Waals surface area contributed by atoms with E-state index in [0.29, 0.717) is 18.2 Å². The van der Waals surface area contributed by atoms with Crippen molar-refractivity contribution in [3.05, 3.63) is 40.3 Å². The fourth-order valence-corrected chi connectivity index (χ4v) is 1.77. The molecule has 0 saturated carbocycles. The summed E-state index contributed by atoms with van der Waals surface area (Å²) in [6.07, 6.45) is -4.40. The normalized spacial score (nSPS) is 11.7. The Morgan fingerprint density at radius 2 is 1.85 bits per heavy atom. The van der Waals surface area contributed by atoms with Crippen LogP contribution in [0.1, 0.15) is 12.5 Å². The second kappa shape index (κ2) is 5.03. The number of anilines is 1. The quantitative estimate of drug-likeness (QED) is 0.939. The Morgan fingerprint density at radius 1 is 1.25 bits per heavy atom. The Balaban J connectivity index is 2.49. The molecule has 0 aliphatic heterocycles. The van der Waals surface area contributed by atoms with Crippen molar-refractivity contribution in [3.8, 4) is 5.69 Å². The maximum Gasteiger partial charge on any atom is 0.416 e. The van der Waals surface area contributed by atoms with Crippen LogP contribution < -0.4 is 11.0 Å². The first kappa shape index (κ1) is 14.2. The minimum absolute atomic E-state index is 0.291. The molecule has 1 aromatic heterocycles. The molecule has 0 saturated heterocycles. The van der Waals surface area contributed by atoms with Gasteiger partial charge in [0.15, 0.2) is 0 Å². The fourth-order valence-electron chi connectivity index (χ4n) is 1.77. The van der Waals surface area contributed by atoms with E-state index in [2.05, 4.69) is 10.4 Å². The number of rotatable bonds is 3. The van der Waals surface area contributed by atoms with Crippen LogP contribution in [0.4, 0.5) is 19.1 Å². The number of hydrogen-bond donors (Lipinski definition) is 1. The van der Waals surface area contributed by atoms with Gasteiger partial charge >= 0.3 is 11.9 Å². The molecular weight excluding hydrogens is 273 g/mol. The van der Waals surface area contributed by atoms with Crippen molar-refractivity contribution in [2.75, 3.05) is 11.9 Å². The summed E-state index contributed by atoms with van der Waals surface area (Å²) in [7, 11) is 1.48. The number of alkyl halides is 3. The van der Waals surface area contributed by atoms with Gasteiger partial charge in [-0.1, -0.05) is 0 Å². The number of aromatic nitrogens is 3. The highest BCUT2D eigenvalue weighted by Crippen LogP contribution is 2.29. The molecule has 0 amide bonds. The first-order chi connectivity index (χ1) is 9.34. The second-order valence-corrected chi connectivity index (χ2v) is 4.14. The van der Waals surface area contributed by atoms with E-state index in [-0.39, 0.29) is 0 Å². The number of nitrogens with one attached hydrogen (secondary N) is 1. The van der Waals surface area contributed by atoms with Crippen LogP contribution in [0.3, 0.4) is 0 Å². The first-order valence-corrected chi connectivity index (χ1v) is 5.92. The second-order valence-electron chi connectivity index (χ2n) is 4.14. The molecule has 2 aromatic rings. The highest BCUT2D eigenvalue weighted by Gasteiger charge is 2.30. The lowest BCUT2D eigenvalue weighted by atomic mass is 10.2. The van der Waals surface area contributed by atoms with E-state index in [1.54, 1.807) is 0 Å². The zero-order valence-corrected chi connectivity index (χ0v) is 10.9. The van der Waals surface area contributed by atoms with E-state index < -0.39 is 17.4 Å². The molecule has 0 aliphatic carbocycles. The third kappa shape index (κ3) is 2.54. The Labute approximate surface area is 112 Å². The van der Waals surface area contributed by atoms with Crippen molar-refractivity contribution < 1.29 is 13.2 Å². The summed E-state index contributed by atoms with van der Waals surface area (Å²) in [4.78, 5) is 11.9. The molecule has 0 radical (unpaired) electrons. The Bertz CT molecular complexity index is 655. The van der Waals surface area contributed by atoms with Crippen LogP contribution in [-0.2, 0) is 13.2 Å². The monoisotopic (exact) mass is 286 g/mol. The largest absolute Gasteiger partial charge is 0.416 e. The predicted octanol–water partition coefficient (Wildman–Crippen LogP) is 2.02. The molecule has 0 bridgehead atoms. The van der Waals surface area contributed by atoms with E-state index in [4.69, 9.17) is 0 Å². The predicted molar refractivity (Wildman–Crippen MR) is 68.0 cm³/mol. The van der Waals surface area contributed by atoms with E-state index in [9.17, 15) is 18.0 Å². The van der Waals surface area contributed by atoms with Gasteiger partial charge in [0, 0.05) is 13.6 Å². The highest BCUT2D eigenvalue weighted by molar-refractivity contribution is 5.42. The number of aryl methyl sites for hydroxylation is 1. The van der Waals surface area contributed by atoms with Gasteiger partial charge < -0.3 is 5.32 Å². The van der Waals surface area contributed by atoms with E-state index in [0.717, 1.165) is 16.8 Å². The molecule has 0 spiro atoms. The van der Waals surface area contributed by atoms with Crippen LogP contribution in [0.25, 0.3) is 5.69 Å². The van der Waals surface area contributed by atoms with E-state index >= 15 is 0 Å². The third-order valence-corrected chi connectivity index (χ3v) is 2.71. The molecule has 1 N–H and O–H groups in total. The third-order valence-electron chi connectivity index (χ3n) is 2.71. The van der Waals surface area contributed by atoms with Crippen molar-refractivity contribution in [3.63, 3.8) is 0 Å². The summed E-state index contributed by atoms with van der Waals surface area (Å²) in [6, 6.07) is 4.36. The molecule has 0 fully saturated rings. The van der Waals surface area contributed by atoms with Crippen LogP contribution in [-0.4, -0.2) is 20.9 Å². The lowest BCUT2D eigenvalue weighted by Gasteiger charge is -2.09. The summed E-state index contributed by atoms with van der Waals surface area (Å²) >= 11 is 0. The molecule has 2 rings (SSSR count). The van der Waals surface area contributed by atoms with Gasteiger partial charge in [-0.3, -0.25) is 0 Å². The first-order valence-electron chi connectivity index (χ1n) is 5.92. The Kier molecular flexibility index (Phi) is 3.56. The molecule has 5 nitrogen and oxygen atoms in total. The number of nitrogens with zero attached hydrogens (tertiary/aromatic N) is 3. The summed E-state index contributed by atoms with van der Waals surface area (Å²) in [5, 5.41) is 6.87. The standard InChI is InChI=1S/C12H13F3N4O/c1-3-16-10-17-18(2)11(20)19(10)9-6-4-8(5-7-9)12(13,14)15/h4-7H,3H2,1-2H3,(H,16,17). The molecule has 108 valence electrons. The maximum absolute atomic E-state index is 12.5. The topological polar surface area (TPSA) is 51.9 Å². The Morgan fingerprint density at radius 3 is 2.35 bits per heavy atom. The van der Waals surface area contributed by atoms with Crippen molar-refractivity contribution in [2.45, 2.75) is 13.1 Å². The molecule has 1 aromatic carbocycles. The van der Waals surface area contributed by atoms with Crippen molar-refractivity contribution in [2.24, 2.45) is 7.05 Å². The average molecular weight is 286 g/mol. The molecule has 8 heteroatoms. The van der Waals surface area contributed by atoms with E-state index in [1.165, 1.54) is 23.7 Å². The van der Waals surface area contributed by atoms with E-state index in [1.807, 2.05) is 6.92 Å². The summed E-state index contributed by atoms with van der Waals surface area (Å²) in [5.74, 6) is 0.291. The molecule has 0 unspecified atom stereocenters. The van der Waals surface area contributed by atoms with Crippen LogP contribution in [0.5, 0.6) is 0 Å². The van der Waals surface area contributed by atoms with Gasteiger partial charge in [0.25, 0.3) is 0 Å².